The van der Waals surface area contributed by atoms with Gasteiger partial charge in [0.15, 0.2) is 11.6 Å². The number of hydrogen-bond acceptors (Lipinski definition) is 8. The third-order valence-electron chi connectivity index (χ3n) is 5.86. The van der Waals surface area contributed by atoms with Crippen molar-refractivity contribution in [3.63, 3.8) is 0 Å². The number of carbonyl (C=O) groups is 2. The third kappa shape index (κ3) is 5.71. The van der Waals surface area contributed by atoms with Gasteiger partial charge in [-0.1, -0.05) is 6.92 Å². The van der Waals surface area contributed by atoms with Crippen LogP contribution in [0.4, 0.5) is 20.7 Å². The molecule has 0 aliphatic carbocycles. The van der Waals surface area contributed by atoms with Gasteiger partial charge in [-0.3, -0.25) is 9.59 Å². The maximum atomic E-state index is 14.9. The van der Waals surface area contributed by atoms with Gasteiger partial charge in [0.2, 0.25) is 5.43 Å². The highest BCUT2D eigenvalue weighted by Gasteiger charge is 2.30. The Hall–Kier alpha value is -3.37. The first-order valence-corrected chi connectivity index (χ1v) is 12.2. The number of ether oxygens (including phenoxy) is 2. The number of pyridine rings is 2. The quantitative estimate of drug-likeness (QED) is 0.553. The number of piperazine rings is 1. The van der Waals surface area contributed by atoms with Crippen molar-refractivity contribution in [1.29, 1.82) is 0 Å². The van der Waals surface area contributed by atoms with Crippen molar-refractivity contribution in [1.82, 2.24) is 14.5 Å². The second-order valence-electron chi connectivity index (χ2n) is 9.88. The minimum absolute atomic E-state index is 0.0345. The average molecular weight is 506 g/mol. The first kappa shape index (κ1) is 27.2. The van der Waals surface area contributed by atoms with E-state index in [4.69, 9.17) is 9.47 Å². The minimum Gasteiger partial charge on any atom is -0.465 e. The van der Waals surface area contributed by atoms with E-state index in [9.17, 15) is 18.8 Å². The van der Waals surface area contributed by atoms with Crippen LogP contribution in [0.5, 0.6) is 0 Å². The standard InChI is InChI=1S/C25H36FN5O5/c1-8-17-21(29-10-12-30(13-11-29)24(34)36-25(3,4)5)22(33)20-18(31(17)15-19(32)35-9-2)14-16(26)23(27-20)28(6)7/h14H,8-13,15H2,1-7H3. The van der Waals surface area contributed by atoms with E-state index in [2.05, 4.69) is 4.98 Å². The van der Waals surface area contributed by atoms with Gasteiger partial charge in [0.25, 0.3) is 0 Å². The Kier molecular flexibility index (Phi) is 8.10. The fourth-order valence-electron chi connectivity index (χ4n) is 4.31. The molecule has 0 bridgehead atoms. The van der Waals surface area contributed by atoms with Crippen molar-refractivity contribution < 1.29 is 23.5 Å². The smallest absolute Gasteiger partial charge is 0.410 e. The number of carbonyl (C=O) groups excluding carboxylic acids is 2. The summed E-state index contributed by atoms with van der Waals surface area (Å²) in [6.07, 6.45) is 0.0207. The molecule has 1 fully saturated rings. The van der Waals surface area contributed by atoms with Crippen LogP contribution in [0.2, 0.25) is 0 Å². The molecule has 2 aromatic heterocycles. The molecule has 198 valence electrons. The highest BCUT2D eigenvalue weighted by molar-refractivity contribution is 5.84. The monoisotopic (exact) mass is 505 g/mol. The summed E-state index contributed by atoms with van der Waals surface area (Å²) in [5, 5.41) is 0. The number of hydrogen-bond donors (Lipinski definition) is 0. The van der Waals surface area contributed by atoms with Crippen molar-refractivity contribution in [3.05, 3.63) is 27.8 Å². The van der Waals surface area contributed by atoms with E-state index < -0.39 is 23.5 Å². The number of aromatic nitrogens is 2. The van der Waals surface area contributed by atoms with Gasteiger partial charge in [0.05, 0.1) is 12.1 Å². The van der Waals surface area contributed by atoms with Crippen LogP contribution < -0.4 is 15.2 Å². The van der Waals surface area contributed by atoms with Crippen LogP contribution in [0.25, 0.3) is 11.0 Å². The number of esters is 1. The van der Waals surface area contributed by atoms with Gasteiger partial charge >= 0.3 is 12.1 Å². The molecule has 0 unspecified atom stereocenters. The largest absolute Gasteiger partial charge is 0.465 e. The zero-order valence-corrected chi connectivity index (χ0v) is 22.2. The van der Waals surface area contributed by atoms with Gasteiger partial charge in [0, 0.05) is 52.0 Å². The van der Waals surface area contributed by atoms with Gasteiger partial charge in [-0.2, -0.15) is 0 Å². The van der Waals surface area contributed by atoms with Crippen LogP contribution in [-0.2, 0) is 27.2 Å². The number of halogens is 1. The van der Waals surface area contributed by atoms with Crippen LogP contribution in [0.3, 0.4) is 0 Å². The Balaban J connectivity index is 2.10. The lowest BCUT2D eigenvalue weighted by Crippen LogP contribution is -2.51. The van der Waals surface area contributed by atoms with Crippen LogP contribution in [0.15, 0.2) is 10.9 Å². The van der Waals surface area contributed by atoms with Gasteiger partial charge in [-0.15, -0.1) is 0 Å². The fraction of sp³-hybridized carbons (Fsp3) is 0.600. The van der Waals surface area contributed by atoms with Crippen LogP contribution >= 0.6 is 0 Å². The van der Waals surface area contributed by atoms with Crippen LogP contribution in [0.1, 0.15) is 40.3 Å². The zero-order chi connectivity index (χ0) is 26.8. The number of anilines is 2. The van der Waals surface area contributed by atoms with Crippen molar-refractivity contribution in [2.75, 3.05) is 56.7 Å². The lowest BCUT2D eigenvalue weighted by Gasteiger charge is -2.37. The highest BCUT2D eigenvalue weighted by Crippen LogP contribution is 2.27. The average Bonchev–Trinajstić information content (AvgIpc) is 2.79. The topological polar surface area (TPSA) is 97.2 Å². The molecule has 1 amide bonds. The molecule has 0 saturated carbocycles. The number of rotatable bonds is 6. The highest BCUT2D eigenvalue weighted by atomic mass is 19.1. The lowest BCUT2D eigenvalue weighted by atomic mass is 10.1. The molecule has 1 aliphatic heterocycles. The van der Waals surface area contributed by atoms with E-state index in [1.165, 1.54) is 11.0 Å². The van der Waals surface area contributed by atoms with Gasteiger partial charge in [-0.25, -0.2) is 14.2 Å². The summed E-state index contributed by atoms with van der Waals surface area (Å²) in [6, 6.07) is 1.25. The van der Waals surface area contributed by atoms with Gasteiger partial charge in [-0.05, 0) is 34.1 Å². The molecule has 36 heavy (non-hydrogen) atoms. The number of fused-ring (bicyclic) bond motifs is 1. The predicted octanol–water partition coefficient (Wildman–Crippen LogP) is 2.78. The van der Waals surface area contributed by atoms with Crippen molar-refractivity contribution in [2.24, 2.45) is 0 Å². The first-order valence-electron chi connectivity index (χ1n) is 12.2. The summed E-state index contributed by atoms with van der Waals surface area (Å²) < 4.78 is 27.2. The third-order valence-corrected chi connectivity index (χ3v) is 5.86. The molecule has 0 radical (unpaired) electrons. The summed E-state index contributed by atoms with van der Waals surface area (Å²) in [7, 11) is 3.29. The molecule has 0 aromatic carbocycles. The van der Waals surface area contributed by atoms with E-state index in [0.717, 1.165) is 0 Å². The SMILES string of the molecule is CCOC(=O)Cn1c(CC)c(N2CCN(C(=O)OC(C)(C)C)CC2)c(=O)c2nc(N(C)C)c(F)cc21. The minimum atomic E-state index is -0.603. The van der Waals surface area contributed by atoms with E-state index in [1.807, 2.05) is 32.6 Å². The molecule has 3 heterocycles. The molecular formula is C25H36FN5O5. The van der Waals surface area contributed by atoms with E-state index in [1.54, 1.807) is 30.5 Å². The van der Waals surface area contributed by atoms with Gasteiger partial charge < -0.3 is 28.7 Å². The van der Waals surface area contributed by atoms with Crippen LogP contribution in [-0.4, -0.2) is 79.0 Å². The molecule has 2 aromatic rings. The molecule has 10 nitrogen and oxygen atoms in total. The molecule has 1 saturated heterocycles. The second kappa shape index (κ2) is 10.7. The predicted molar refractivity (Wildman–Crippen MR) is 136 cm³/mol. The van der Waals surface area contributed by atoms with E-state index in [-0.39, 0.29) is 35.4 Å². The Bertz CT molecular complexity index is 1200. The molecule has 0 spiro atoms. The van der Waals surface area contributed by atoms with E-state index >= 15 is 0 Å². The Morgan fingerprint density at radius 1 is 1.14 bits per heavy atom. The normalized spacial score (nSPS) is 14.2. The zero-order valence-electron chi connectivity index (χ0n) is 22.2. The van der Waals surface area contributed by atoms with Crippen LogP contribution in [0, 0.1) is 5.82 Å². The van der Waals surface area contributed by atoms with Crippen molar-refractivity contribution in [2.45, 2.75) is 53.2 Å². The van der Waals surface area contributed by atoms with Gasteiger partial charge in [0.1, 0.15) is 23.3 Å². The maximum absolute atomic E-state index is 14.9. The summed E-state index contributed by atoms with van der Waals surface area (Å²) in [4.78, 5) is 48.1. The Morgan fingerprint density at radius 3 is 2.31 bits per heavy atom. The van der Waals surface area contributed by atoms with E-state index in [0.29, 0.717) is 44.0 Å². The van der Waals surface area contributed by atoms with Crippen molar-refractivity contribution >= 4 is 34.6 Å². The molecule has 11 heteroatoms. The molecule has 0 atom stereocenters. The second-order valence-corrected chi connectivity index (χ2v) is 9.88. The summed E-state index contributed by atoms with van der Waals surface area (Å²) in [5.41, 5.74) is 0.367. The molecule has 1 aliphatic rings. The summed E-state index contributed by atoms with van der Waals surface area (Å²) >= 11 is 0. The number of nitrogens with zero attached hydrogens (tertiary/aromatic N) is 5. The molecule has 0 N–H and O–H groups in total. The summed E-state index contributed by atoms with van der Waals surface area (Å²) in [5.74, 6) is -1.05. The summed E-state index contributed by atoms with van der Waals surface area (Å²) in [6.45, 7) is 10.6. The molecule has 3 rings (SSSR count). The lowest BCUT2D eigenvalue weighted by molar-refractivity contribution is -0.143. The fourth-order valence-corrected chi connectivity index (χ4v) is 4.31. The number of amides is 1. The first-order chi connectivity index (χ1) is 16.9. The Morgan fingerprint density at radius 2 is 1.78 bits per heavy atom. The maximum Gasteiger partial charge on any atom is 0.410 e. The van der Waals surface area contributed by atoms with Crippen molar-refractivity contribution in [3.8, 4) is 0 Å². The molecular weight excluding hydrogens is 469 g/mol. The Labute approximate surface area is 210 Å².